The van der Waals surface area contributed by atoms with Gasteiger partial charge < -0.3 is 4.74 Å². The number of hydrogen-bond donors (Lipinski definition) is 0. The van der Waals surface area contributed by atoms with Gasteiger partial charge in [0.25, 0.3) is 5.69 Å². The predicted molar refractivity (Wildman–Crippen MR) is 49.7 cm³/mol. The molecular formula is C7H3Cl2F2NO3. The Balaban J connectivity index is 3.17. The normalized spacial score (nSPS) is 10.5. The van der Waals surface area contributed by atoms with Gasteiger partial charge in [-0.1, -0.05) is 23.2 Å². The summed E-state index contributed by atoms with van der Waals surface area (Å²) in [6.07, 6.45) is 0. The SMILES string of the molecule is O=[N+]([O-])c1cc(OC(F)F)cc(Cl)c1Cl. The molecule has 0 saturated carbocycles. The van der Waals surface area contributed by atoms with Gasteiger partial charge >= 0.3 is 6.61 Å². The minimum absolute atomic E-state index is 0.221. The van der Waals surface area contributed by atoms with E-state index in [0.29, 0.717) is 0 Å². The lowest BCUT2D eigenvalue weighted by Crippen LogP contribution is -2.02. The molecule has 0 aliphatic rings. The lowest BCUT2D eigenvalue weighted by molar-refractivity contribution is -0.384. The Labute approximate surface area is 92.5 Å². The van der Waals surface area contributed by atoms with Gasteiger partial charge in [-0.3, -0.25) is 10.1 Å². The molecule has 0 heterocycles. The summed E-state index contributed by atoms with van der Waals surface area (Å²) in [5.41, 5.74) is -0.584. The van der Waals surface area contributed by atoms with Crippen LogP contribution in [-0.4, -0.2) is 11.5 Å². The molecule has 15 heavy (non-hydrogen) atoms. The number of nitrogens with zero attached hydrogens (tertiary/aromatic N) is 1. The summed E-state index contributed by atoms with van der Waals surface area (Å²) in [6, 6.07) is 1.75. The number of halogens is 4. The van der Waals surface area contributed by atoms with Gasteiger partial charge in [0.15, 0.2) is 0 Å². The van der Waals surface area contributed by atoms with Crippen LogP contribution in [-0.2, 0) is 0 Å². The molecule has 1 aromatic carbocycles. The molecule has 0 atom stereocenters. The third-order valence-electron chi connectivity index (χ3n) is 1.40. The smallest absolute Gasteiger partial charge is 0.387 e. The summed E-state index contributed by atoms with van der Waals surface area (Å²) < 4.78 is 27.6. The van der Waals surface area contributed by atoms with Crippen molar-refractivity contribution in [2.75, 3.05) is 0 Å². The molecule has 8 heteroatoms. The van der Waals surface area contributed by atoms with E-state index in [1.807, 2.05) is 0 Å². The fourth-order valence-corrected chi connectivity index (χ4v) is 1.24. The molecule has 0 aliphatic carbocycles. The number of hydrogen-bond acceptors (Lipinski definition) is 3. The van der Waals surface area contributed by atoms with Gasteiger partial charge in [0.2, 0.25) is 0 Å². The van der Waals surface area contributed by atoms with Crippen LogP contribution in [0.3, 0.4) is 0 Å². The predicted octanol–water partition coefficient (Wildman–Crippen LogP) is 3.50. The summed E-state index contributed by atoms with van der Waals surface area (Å²) in [4.78, 5) is 9.59. The second-order valence-corrected chi connectivity index (χ2v) is 3.16. The van der Waals surface area contributed by atoms with E-state index < -0.39 is 23.0 Å². The van der Waals surface area contributed by atoms with E-state index in [-0.39, 0.29) is 10.0 Å². The fourth-order valence-electron chi connectivity index (χ4n) is 0.854. The van der Waals surface area contributed by atoms with Gasteiger partial charge in [-0.15, -0.1) is 0 Å². The second kappa shape index (κ2) is 4.59. The Morgan fingerprint density at radius 1 is 1.40 bits per heavy atom. The first-order valence-electron chi connectivity index (χ1n) is 3.50. The van der Waals surface area contributed by atoms with Crippen molar-refractivity contribution < 1.29 is 18.4 Å². The first-order valence-corrected chi connectivity index (χ1v) is 4.25. The Hall–Kier alpha value is -1.14. The lowest BCUT2D eigenvalue weighted by Gasteiger charge is -2.05. The molecule has 0 amide bonds. The van der Waals surface area contributed by atoms with Crippen molar-refractivity contribution >= 4 is 28.9 Å². The largest absolute Gasteiger partial charge is 0.435 e. The molecule has 0 aromatic heterocycles. The summed E-state index contributed by atoms with van der Waals surface area (Å²) in [6.45, 7) is -3.08. The monoisotopic (exact) mass is 257 g/mol. The summed E-state index contributed by atoms with van der Waals surface area (Å²) in [7, 11) is 0. The zero-order chi connectivity index (χ0) is 11.6. The number of benzene rings is 1. The van der Waals surface area contributed by atoms with Gasteiger partial charge in [-0.25, -0.2) is 0 Å². The topological polar surface area (TPSA) is 52.4 Å². The van der Waals surface area contributed by atoms with Crippen LogP contribution in [0.25, 0.3) is 0 Å². The average Bonchev–Trinajstić information content (AvgIpc) is 2.09. The van der Waals surface area contributed by atoms with Crippen LogP contribution in [0.1, 0.15) is 0 Å². The Kier molecular flexibility index (Phi) is 3.65. The molecule has 0 spiro atoms. The van der Waals surface area contributed by atoms with Crippen LogP contribution in [0.2, 0.25) is 10.0 Å². The van der Waals surface area contributed by atoms with Crippen molar-refractivity contribution in [3.8, 4) is 5.75 Å². The van der Waals surface area contributed by atoms with Crippen LogP contribution >= 0.6 is 23.2 Å². The molecular weight excluding hydrogens is 255 g/mol. The lowest BCUT2D eigenvalue weighted by atomic mass is 10.3. The van der Waals surface area contributed by atoms with Crippen LogP contribution < -0.4 is 4.74 Å². The van der Waals surface area contributed by atoms with E-state index >= 15 is 0 Å². The first-order chi connectivity index (χ1) is 6.91. The number of alkyl halides is 2. The van der Waals surface area contributed by atoms with Crippen LogP contribution in [0.4, 0.5) is 14.5 Å². The Bertz CT molecular complexity index is 400. The summed E-state index contributed by atoms with van der Waals surface area (Å²) >= 11 is 11.0. The maximum Gasteiger partial charge on any atom is 0.387 e. The minimum atomic E-state index is -3.08. The minimum Gasteiger partial charge on any atom is -0.435 e. The van der Waals surface area contributed by atoms with Crippen molar-refractivity contribution in [1.29, 1.82) is 0 Å². The van der Waals surface area contributed by atoms with Crippen molar-refractivity contribution in [3.05, 3.63) is 32.3 Å². The van der Waals surface area contributed by atoms with Gasteiger partial charge in [-0.2, -0.15) is 8.78 Å². The quantitative estimate of drug-likeness (QED) is 0.615. The maximum atomic E-state index is 11.8. The Morgan fingerprint density at radius 2 is 2.00 bits per heavy atom. The molecule has 1 rings (SSSR count). The van der Waals surface area contributed by atoms with E-state index in [1.54, 1.807) is 0 Å². The molecule has 0 fully saturated rings. The molecule has 0 saturated heterocycles. The van der Waals surface area contributed by atoms with E-state index in [1.165, 1.54) is 0 Å². The van der Waals surface area contributed by atoms with Crippen molar-refractivity contribution in [1.82, 2.24) is 0 Å². The van der Waals surface area contributed by atoms with Gasteiger partial charge in [-0.05, 0) is 0 Å². The van der Waals surface area contributed by atoms with Crippen LogP contribution in [0, 0.1) is 10.1 Å². The zero-order valence-corrected chi connectivity index (χ0v) is 8.43. The third kappa shape index (κ3) is 2.90. The molecule has 0 radical (unpaired) electrons. The second-order valence-electron chi connectivity index (χ2n) is 2.37. The molecule has 82 valence electrons. The standard InChI is InChI=1S/C7H3Cl2F2NO3/c8-4-1-3(15-7(10)11)2-5(6(4)9)12(13)14/h1-2,7H. The van der Waals surface area contributed by atoms with Crippen molar-refractivity contribution in [3.63, 3.8) is 0 Å². The zero-order valence-electron chi connectivity index (χ0n) is 6.92. The average molecular weight is 258 g/mol. The highest BCUT2D eigenvalue weighted by atomic mass is 35.5. The van der Waals surface area contributed by atoms with E-state index in [0.717, 1.165) is 12.1 Å². The molecule has 4 nitrogen and oxygen atoms in total. The molecule has 0 aliphatic heterocycles. The molecule has 0 bridgehead atoms. The highest BCUT2D eigenvalue weighted by Crippen LogP contribution is 2.36. The van der Waals surface area contributed by atoms with Crippen molar-refractivity contribution in [2.45, 2.75) is 6.61 Å². The highest BCUT2D eigenvalue weighted by Gasteiger charge is 2.19. The fraction of sp³-hybridized carbons (Fsp3) is 0.143. The number of ether oxygens (including phenoxy) is 1. The van der Waals surface area contributed by atoms with Gasteiger partial charge in [0.1, 0.15) is 10.8 Å². The Morgan fingerprint density at radius 3 is 2.47 bits per heavy atom. The number of rotatable bonds is 3. The molecule has 1 aromatic rings. The number of nitro groups is 1. The van der Waals surface area contributed by atoms with Crippen LogP contribution in [0.5, 0.6) is 5.75 Å². The van der Waals surface area contributed by atoms with E-state index in [9.17, 15) is 18.9 Å². The van der Waals surface area contributed by atoms with E-state index in [4.69, 9.17) is 23.2 Å². The first kappa shape index (κ1) is 11.9. The highest BCUT2D eigenvalue weighted by molar-refractivity contribution is 6.43. The van der Waals surface area contributed by atoms with Crippen molar-refractivity contribution in [2.24, 2.45) is 0 Å². The van der Waals surface area contributed by atoms with Crippen LogP contribution in [0.15, 0.2) is 12.1 Å². The maximum absolute atomic E-state index is 11.8. The molecule has 0 N–H and O–H groups in total. The molecule has 0 unspecified atom stereocenters. The van der Waals surface area contributed by atoms with E-state index in [2.05, 4.69) is 4.74 Å². The summed E-state index contributed by atoms with van der Waals surface area (Å²) in [5.74, 6) is -0.411. The summed E-state index contributed by atoms with van der Waals surface area (Å²) in [5, 5.41) is 9.89. The third-order valence-corrected chi connectivity index (χ3v) is 2.20. The van der Waals surface area contributed by atoms with Gasteiger partial charge in [0, 0.05) is 6.07 Å². The van der Waals surface area contributed by atoms with Gasteiger partial charge in [0.05, 0.1) is 16.0 Å². The number of nitro benzene ring substituents is 1.